The van der Waals surface area contributed by atoms with Crippen LogP contribution in [0.2, 0.25) is 0 Å². The van der Waals surface area contributed by atoms with Gasteiger partial charge in [0.05, 0.1) is 40.7 Å². The molecule has 0 N–H and O–H groups in total. The third-order valence-corrected chi connectivity index (χ3v) is 5.05. The van der Waals surface area contributed by atoms with Gasteiger partial charge in [0.1, 0.15) is 0 Å². The number of thiazole rings is 1. The molecule has 1 unspecified atom stereocenters. The van der Waals surface area contributed by atoms with Crippen LogP contribution in [0.25, 0.3) is 11.0 Å². The van der Waals surface area contributed by atoms with Crippen LogP contribution in [0.5, 0.6) is 0 Å². The van der Waals surface area contributed by atoms with Crippen LogP contribution in [0.4, 0.5) is 5.69 Å². The molecule has 1 aliphatic heterocycles. The summed E-state index contributed by atoms with van der Waals surface area (Å²) in [5.41, 5.74) is 3.15. The number of ether oxygens (including phenoxy) is 1. The molecular formula is C16H19N5OS. The van der Waals surface area contributed by atoms with Crippen molar-refractivity contribution in [3.63, 3.8) is 0 Å². The van der Waals surface area contributed by atoms with Crippen molar-refractivity contribution in [2.75, 3.05) is 18.0 Å². The van der Waals surface area contributed by atoms with Crippen molar-refractivity contribution in [3.05, 3.63) is 34.5 Å². The van der Waals surface area contributed by atoms with E-state index >= 15 is 0 Å². The highest BCUT2D eigenvalue weighted by atomic mass is 32.1. The van der Waals surface area contributed by atoms with E-state index in [1.54, 1.807) is 11.3 Å². The molecule has 3 aromatic rings. The molecule has 0 radical (unpaired) electrons. The second-order valence-corrected chi connectivity index (χ2v) is 6.92. The molecule has 7 heteroatoms. The Morgan fingerprint density at radius 3 is 3.17 bits per heavy atom. The molecule has 4 rings (SSSR count). The number of aromatic nitrogens is 4. The van der Waals surface area contributed by atoms with E-state index in [0.29, 0.717) is 6.61 Å². The number of fused-ring (bicyclic) bond motifs is 1. The fraction of sp³-hybridized carbons (Fsp3) is 0.438. The minimum Gasteiger partial charge on any atom is -0.370 e. The third kappa shape index (κ3) is 2.82. The molecule has 0 bridgehead atoms. The summed E-state index contributed by atoms with van der Waals surface area (Å²) in [6.45, 7) is 4.52. The first-order chi connectivity index (χ1) is 11.2. The summed E-state index contributed by atoms with van der Waals surface area (Å²) in [6, 6.07) is 2.07. The van der Waals surface area contributed by atoms with Gasteiger partial charge in [-0.2, -0.15) is 5.10 Å². The van der Waals surface area contributed by atoms with E-state index in [0.717, 1.165) is 41.2 Å². The van der Waals surface area contributed by atoms with E-state index in [1.807, 2.05) is 31.0 Å². The van der Waals surface area contributed by atoms with E-state index in [4.69, 9.17) is 4.74 Å². The second kappa shape index (κ2) is 5.90. The Kier molecular flexibility index (Phi) is 3.74. The molecule has 1 fully saturated rings. The number of pyridine rings is 1. The maximum atomic E-state index is 6.04. The van der Waals surface area contributed by atoms with E-state index in [2.05, 4.69) is 31.4 Å². The molecule has 120 valence electrons. The van der Waals surface area contributed by atoms with Crippen molar-refractivity contribution in [1.82, 2.24) is 19.7 Å². The third-order valence-electron chi connectivity index (χ3n) is 4.23. The summed E-state index contributed by atoms with van der Waals surface area (Å²) >= 11 is 1.67. The van der Waals surface area contributed by atoms with Crippen LogP contribution in [-0.4, -0.2) is 38.9 Å². The number of hydrogen-bond donors (Lipinski definition) is 0. The zero-order valence-electron chi connectivity index (χ0n) is 13.3. The van der Waals surface area contributed by atoms with Crippen LogP contribution in [0, 0.1) is 6.92 Å². The Hall–Kier alpha value is -1.99. The van der Waals surface area contributed by atoms with Gasteiger partial charge in [-0.25, -0.2) is 9.97 Å². The van der Waals surface area contributed by atoms with Gasteiger partial charge < -0.3 is 9.64 Å². The van der Waals surface area contributed by atoms with E-state index in [9.17, 15) is 0 Å². The Balaban J connectivity index is 1.45. The maximum Gasteiger partial charge on any atom is 0.159 e. The Morgan fingerprint density at radius 2 is 2.35 bits per heavy atom. The first-order valence-corrected chi connectivity index (χ1v) is 8.63. The van der Waals surface area contributed by atoms with Crippen molar-refractivity contribution < 1.29 is 4.74 Å². The SMILES string of the molecule is Cc1nc(COC2CCN(c3ccnc4c3cnn4C)C2)cs1. The van der Waals surface area contributed by atoms with Crippen molar-refractivity contribution in [3.8, 4) is 0 Å². The van der Waals surface area contributed by atoms with Crippen LogP contribution in [0.15, 0.2) is 23.8 Å². The summed E-state index contributed by atoms with van der Waals surface area (Å²) in [4.78, 5) is 11.2. The standard InChI is InChI=1S/C16H19N5OS/c1-11-19-12(10-23-11)9-22-13-4-6-21(8-13)15-3-5-17-16-14(15)7-18-20(16)2/h3,5,7,10,13H,4,6,8-9H2,1-2H3. The molecular weight excluding hydrogens is 310 g/mol. The number of rotatable bonds is 4. The average molecular weight is 329 g/mol. The van der Waals surface area contributed by atoms with Gasteiger partial charge in [0.2, 0.25) is 0 Å². The molecule has 1 atom stereocenters. The number of anilines is 1. The van der Waals surface area contributed by atoms with Gasteiger partial charge in [-0.05, 0) is 19.4 Å². The lowest BCUT2D eigenvalue weighted by Crippen LogP contribution is -2.23. The summed E-state index contributed by atoms with van der Waals surface area (Å²) in [6.07, 6.45) is 5.03. The molecule has 1 aliphatic rings. The largest absolute Gasteiger partial charge is 0.370 e. The lowest BCUT2D eigenvalue weighted by Gasteiger charge is -2.19. The van der Waals surface area contributed by atoms with Crippen molar-refractivity contribution in [2.45, 2.75) is 26.1 Å². The van der Waals surface area contributed by atoms with E-state index in [1.165, 1.54) is 5.69 Å². The lowest BCUT2D eigenvalue weighted by molar-refractivity contribution is 0.0536. The van der Waals surface area contributed by atoms with Gasteiger partial charge in [0.25, 0.3) is 0 Å². The highest BCUT2D eigenvalue weighted by Gasteiger charge is 2.25. The monoisotopic (exact) mass is 329 g/mol. The van der Waals surface area contributed by atoms with E-state index < -0.39 is 0 Å². The van der Waals surface area contributed by atoms with Crippen LogP contribution in [0.3, 0.4) is 0 Å². The highest BCUT2D eigenvalue weighted by molar-refractivity contribution is 7.09. The van der Waals surface area contributed by atoms with Gasteiger partial charge in [-0.3, -0.25) is 4.68 Å². The van der Waals surface area contributed by atoms with E-state index in [-0.39, 0.29) is 6.10 Å². The lowest BCUT2D eigenvalue weighted by atomic mass is 10.2. The first-order valence-electron chi connectivity index (χ1n) is 7.75. The fourth-order valence-corrected chi connectivity index (χ4v) is 3.67. The maximum absolute atomic E-state index is 6.04. The predicted molar refractivity (Wildman–Crippen MR) is 90.8 cm³/mol. The molecule has 4 heterocycles. The zero-order valence-corrected chi connectivity index (χ0v) is 14.1. The highest BCUT2D eigenvalue weighted by Crippen LogP contribution is 2.28. The fourth-order valence-electron chi connectivity index (χ4n) is 3.07. The molecule has 3 aromatic heterocycles. The van der Waals surface area contributed by atoms with Gasteiger partial charge in [-0.1, -0.05) is 0 Å². The Labute approximate surface area is 138 Å². The smallest absolute Gasteiger partial charge is 0.159 e. The second-order valence-electron chi connectivity index (χ2n) is 5.86. The van der Waals surface area contributed by atoms with Crippen LogP contribution < -0.4 is 4.90 Å². The Morgan fingerprint density at radius 1 is 1.43 bits per heavy atom. The first kappa shape index (κ1) is 14.6. The molecule has 0 amide bonds. The van der Waals surface area contributed by atoms with Crippen LogP contribution in [0.1, 0.15) is 17.1 Å². The molecule has 1 saturated heterocycles. The Bertz CT molecular complexity index is 827. The molecule has 0 aromatic carbocycles. The predicted octanol–water partition coefficient (Wildman–Crippen LogP) is 2.53. The quantitative estimate of drug-likeness (QED) is 0.736. The molecule has 6 nitrogen and oxygen atoms in total. The van der Waals surface area contributed by atoms with Crippen molar-refractivity contribution in [1.29, 1.82) is 0 Å². The summed E-state index contributed by atoms with van der Waals surface area (Å²) in [5, 5.41) is 8.58. The van der Waals surface area contributed by atoms with Gasteiger partial charge in [-0.15, -0.1) is 11.3 Å². The molecule has 0 spiro atoms. The van der Waals surface area contributed by atoms with Crippen LogP contribution in [-0.2, 0) is 18.4 Å². The van der Waals surface area contributed by atoms with Crippen molar-refractivity contribution >= 4 is 28.1 Å². The minimum atomic E-state index is 0.247. The number of aryl methyl sites for hydroxylation is 2. The molecule has 0 saturated carbocycles. The van der Waals surface area contributed by atoms with Crippen LogP contribution >= 0.6 is 11.3 Å². The van der Waals surface area contributed by atoms with Gasteiger partial charge >= 0.3 is 0 Å². The number of nitrogens with zero attached hydrogens (tertiary/aromatic N) is 5. The molecule has 23 heavy (non-hydrogen) atoms. The van der Waals surface area contributed by atoms with Gasteiger partial charge in [0, 0.05) is 31.7 Å². The minimum absolute atomic E-state index is 0.247. The number of hydrogen-bond acceptors (Lipinski definition) is 6. The topological polar surface area (TPSA) is 56.1 Å². The zero-order chi connectivity index (χ0) is 15.8. The summed E-state index contributed by atoms with van der Waals surface area (Å²) in [7, 11) is 1.92. The summed E-state index contributed by atoms with van der Waals surface area (Å²) in [5.74, 6) is 0. The summed E-state index contributed by atoms with van der Waals surface area (Å²) < 4.78 is 7.85. The van der Waals surface area contributed by atoms with Crippen molar-refractivity contribution in [2.24, 2.45) is 7.05 Å². The van der Waals surface area contributed by atoms with Gasteiger partial charge in [0.15, 0.2) is 5.65 Å². The average Bonchev–Trinajstić information content (AvgIpc) is 3.26. The normalized spacial score (nSPS) is 18.2. The molecule has 0 aliphatic carbocycles.